The Morgan fingerprint density at radius 2 is 1.57 bits per heavy atom. The zero-order valence-electron chi connectivity index (χ0n) is 22.4. The third kappa shape index (κ3) is 8.97. The standard InChI is InChI=1S/C29H32ClNO8S/c1-29(2,3)39-28(35)31(18-26(32)21-5-4-6-22(30)17-21)16-15-20-7-11-24(12-8-20)40(36,37)25-13-9-23(10-14-25)38-19-27(33)34/h4-14,17,26,32H,15-16,18-19H2,1-3H3,(H,33,34). The molecule has 0 saturated carbocycles. The fraction of sp³-hybridized carbons (Fsp3) is 0.310. The molecule has 40 heavy (non-hydrogen) atoms. The van der Waals surface area contributed by atoms with E-state index in [1.807, 2.05) is 0 Å². The largest absolute Gasteiger partial charge is 0.482 e. The number of carbonyl (C=O) groups excluding carboxylic acids is 1. The number of amides is 1. The van der Waals surface area contributed by atoms with E-state index in [1.54, 1.807) is 57.2 Å². The summed E-state index contributed by atoms with van der Waals surface area (Å²) in [6.07, 6.45) is -1.18. The van der Waals surface area contributed by atoms with Crippen LogP contribution in [0.3, 0.4) is 0 Å². The number of carbonyl (C=O) groups is 2. The van der Waals surface area contributed by atoms with Crippen molar-refractivity contribution in [1.29, 1.82) is 0 Å². The highest BCUT2D eigenvalue weighted by molar-refractivity contribution is 7.91. The Bertz CT molecular complexity index is 1420. The van der Waals surface area contributed by atoms with Crippen LogP contribution >= 0.6 is 11.6 Å². The average Bonchev–Trinajstić information content (AvgIpc) is 2.89. The van der Waals surface area contributed by atoms with Gasteiger partial charge < -0.3 is 24.6 Å². The summed E-state index contributed by atoms with van der Waals surface area (Å²) in [5.41, 5.74) is 0.617. The van der Waals surface area contributed by atoms with Crippen molar-refractivity contribution in [2.75, 3.05) is 19.7 Å². The number of aliphatic hydroxyl groups excluding tert-OH is 1. The molecule has 0 aliphatic rings. The van der Waals surface area contributed by atoms with Gasteiger partial charge in [-0.25, -0.2) is 18.0 Å². The molecule has 0 bridgehead atoms. The molecule has 0 saturated heterocycles. The van der Waals surface area contributed by atoms with E-state index >= 15 is 0 Å². The molecular formula is C29H32ClNO8S. The summed E-state index contributed by atoms with van der Waals surface area (Å²) in [7, 11) is -3.82. The van der Waals surface area contributed by atoms with Gasteiger partial charge in [0.25, 0.3) is 0 Å². The zero-order valence-corrected chi connectivity index (χ0v) is 24.0. The van der Waals surface area contributed by atoms with E-state index in [2.05, 4.69) is 0 Å². The highest BCUT2D eigenvalue weighted by Crippen LogP contribution is 2.24. The second-order valence-electron chi connectivity index (χ2n) is 10.0. The number of halogens is 1. The molecule has 0 aromatic heterocycles. The maximum absolute atomic E-state index is 13.0. The molecule has 0 aliphatic carbocycles. The number of benzene rings is 3. The molecule has 0 aliphatic heterocycles. The highest BCUT2D eigenvalue weighted by atomic mass is 35.5. The van der Waals surface area contributed by atoms with Gasteiger partial charge in [0.1, 0.15) is 11.4 Å². The number of nitrogens with zero attached hydrogens (tertiary/aromatic N) is 1. The SMILES string of the molecule is CC(C)(C)OC(=O)N(CCc1ccc(S(=O)(=O)c2ccc(OCC(=O)O)cc2)cc1)CC(O)c1cccc(Cl)c1. The highest BCUT2D eigenvalue weighted by Gasteiger charge is 2.25. The van der Waals surface area contributed by atoms with Crippen molar-refractivity contribution in [2.24, 2.45) is 0 Å². The van der Waals surface area contributed by atoms with Crippen LogP contribution in [0.1, 0.15) is 38.0 Å². The zero-order chi connectivity index (χ0) is 29.5. The molecule has 0 radical (unpaired) electrons. The number of ether oxygens (including phenoxy) is 2. The minimum atomic E-state index is -3.82. The van der Waals surface area contributed by atoms with Crippen LogP contribution in [-0.4, -0.2) is 60.9 Å². The summed E-state index contributed by atoms with van der Waals surface area (Å²) in [5.74, 6) is -0.894. The van der Waals surface area contributed by atoms with Gasteiger partial charge in [0.15, 0.2) is 6.61 Å². The number of rotatable bonds is 11. The Labute approximate surface area is 238 Å². The van der Waals surface area contributed by atoms with Crippen molar-refractivity contribution in [3.8, 4) is 5.75 Å². The lowest BCUT2D eigenvalue weighted by atomic mass is 10.1. The quantitative estimate of drug-likeness (QED) is 0.314. The van der Waals surface area contributed by atoms with Gasteiger partial charge in [-0.05, 0) is 86.8 Å². The van der Waals surface area contributed by atoms with Gasteiger partial charge in [0.05, 0.1) is 22.4 Å². The summed E-state index contributed by atoms with van der Waals surface area (Å²) < 4.78 is 36.7. The lowest BCUT2D eigenvalue weighted by molar-refractivity contribution is -0.139. The number of carboxylic acid groups (broad SMARTS) is 1. The topological polar surface area (TPSA) is 130 Å². The van der Waals surface area contributed by atoms with E-state index in [9.17, 15) is 23.1 Å². The van der Waals surface area contributed by atoms with Gasteiger partial charge in [-0.15, -0.1) is 0 Å². The molecule has 1 amide bonds. The van der Waals surface area contributed by atoms with Gasteiger partial charge in [-0.1, -0.05) is 35.9 Å². The van der Waals surface area contributed by atoms with Crippen LogP contribution in [0.25, 0.3) is 0 Å². The van der Waals surface area contributed by atoms with Gasteiger partial charge in [0, 0.05) is 11.6 Å². The Morgan fingerprint density at radius 1 is 0.975 bits per heavy atom. The van der Waals surface area contributed by atoms with Crippen molar-refractivity contribution in [1.82, 2.24) is 4.90 Å². The summed E-state index contributed by atoms with van der Waals surface area (Å²) in [6.45, 7) is 4.94. The summed E-state index contributed by atoms with van der Waals surface area (Å²) in [4.78, 5) is 25.1. The third-order valence-corrected chi connectivity index (χ3v) is 7.70. The fourth-order valence-corrected chi connectivity index (χ4v) is 5.17. The first kappa shape index (κ1) is 30.9. The molecule has 3 aromatic rings. The van der Waals surface area contributed by atoms with Crippen molar-refractivity contribution < 1.29 is 37.7 Å². The first-order chi connectivity index (χ1) is 18.7. The van der Waals surface area contributed by atoms with Crippen LogP contribution in [0, 0.1) is 0 Å². The van der Waals surface area contributed by atoms with Gasteiger partial charge in [0.2, 0.25) is 9.84 Å². The van der Waals surface area contributed by atoms with E-state index in [1.165, 1.54) is 41.3 Å². The van der Waals surface area contributed by atoms with Crippen LogP contribution in [0.5, 0.6) is 5.75 Å². The molecule has 3 rings (SSSR count). The molecule has 3 aromatic carbocycles. The summed E-state index contributed by atoms with van der Waals surface area (Å²) >= 11 is 6.05. The van der Waals surface area contributed by atoms with Crippen LogP contribution < -0.4 is 4.74 Å². The average molecular weight is 590 g/mol. The number of aliphatic hydroxyl groups is 1. The van der Waals surface area contributed by atoms with Gasteiger partial charge >= 0.3 is 12.1 Å². The first-order valence-corrected chi connectivity index (χ1v) is 14.3. The number of aliphatic carboxylic acids is 1. The van der Waals surface area contributed by atoms with Crippen molar-refractivity contribution in [2.45, 2.75) is 48.7 Å². The molecule has 214 valence electrons. The van der Waals surface area contributed by atoms with Crippen LogP contribution in [-0.2, 0) is 25.8 Å². The van der Waals surface area contributed by atoms with Crippen LogP contribution in [0.2, 0.25) is 5.02 Å². The second-order valence-corrected chi connectivity index (χ2v) is 12.4. The molecule has 2 N–H and O–H groups in total. The van der Waals surface area contributed by atoms with Crippen molar-refractivity contribution in [3.63, 3.8) is 0 Å². The molecule has 1 unspecified atom stereocenters. The van der Waals surface area contributed by atoms with Crippen molar-refractivity contribution >= 4 is 33.5 Å². The van der Waals surface area contributed by atoms with E-state index in [0.717, 1.165) is 5.56 Å². The first-order valence-electron chi connectivity index (χ1n) is 12.4. The maximum Gasteiger partial charge on any atom is 0.410 e. The predicted molar refractivity (Wildman–Crippen MR) is 149 cm³/mol. The van der Waals surface area contributed by atoms with E-state index in [0.29, 0.717) is 17.0 Å². The van der Waals surface area contributed by atoms with Crippen molar-refractivity contribution in [3.05, 3.63) is 88.9 Å². The molecule has 9 nitrogen and oxygen atoms in total. The Hall–Kier alpha value is -3.60. The van der Waals surface area contributed by atoms with Gasteiger partial charge in [-0.2, -0.15) is 0 Å². The van der Waals surface area contributed by atoms with Gasteiger partial charge in [-0.3, -0.25) is 0 Å². The maximum atomic E-state index is 13.0. The van der Waals surface area contributed by atoms with Crippen LogP contribution in [0.4, 0.5) is 4.79 Å². The smallest absolute Gasteiger partial charge is 0.410 e. The summed E-state index contributed by atoms with van der Waals surface area (Å²) in [5, 5.41) is 19.9. The van der Waals surface area contributed by atoms with E-state index < -0.39 is 40.2 Å². The molecule has 0 fully saturated rings. The second kappa shape index (κ2) is 13.2. The lowest BCUT2D eigenvalue weighted by Gasteiger charge is -2.29. The Kier molecular flexibility index (Phi) is 10.2. The lowest BCUT2D eigenvalue weighted by Crippen LogP contribution is -2.40. The molecule has 1 atom stereocenters. The van der Waals surface area contributed by atoms with Crippen LogP contribution in [0.15, 0.2) is 82.6 Å². The fourth-order valence-electron chi connectivity index (χ4n) is 3.71. The Balaban J connectivity index is 1.70. The predicted octanol–water partition coefficient (Wildman–Crippen LogP) is 5.15. The number of carboxylic acids is 1. The number of hydrogen-bond donors (Lipinski definition) is 2. The number of sulfone groups is 1. The minimum absolute atomic E-state index is 0.0199. The molecular weight excluding hydrogens is 558 g/mol. The minimum Gasteiger partial charge on any atom is -0.482 e. The van der Waals surface area contributed by atoms with E-state index in [4.69, 9.17) is 26.2 Å². The number of hydrogen-bond acceptors (Lipinski definition) is 7. The summed E-state index contributed by atoms with van der Waals surface area (Å²) in [6, 6.07) is 18.6. The molecule has 11 heteroatoms. The normalized spacial score (nSPS) is 12.4. The monoisotopic (exact) mass is 589 g/mol. The third-order valence-electron chi connectivity index (χ3n) is 5.68. The molecule has 0 heterocycles. The van der Waals surface area contributed by atoms with E-state index in [-0.39, 0.29) is 28.6 Å². The Morgan fingerprint density at radius 3 is 2.12 bits per heavy atom. The molecule has 0 spiro atoms.